The SMILES string of the molecule is CN(C)C(C)(C)CNCCn1cc(C(=O)O)nn1. The van der Waals surface area contributed by atoms with Crippen LogP contribution in [0.4, 0.5) is 0 Å². The number of likely N-dealkylation sites (N-methyl/N-ethyl adjacent to an activating group) is 1. The molecule has 102 valence electrons. The third-order valence-corrected chi connectivity index (χ3v) is 3.04. The number of carboxylic acids is 1. The third kappa shape index (κ3) is 4.08. The van der Waals surface area contributed by atoms with Crippen molar-refractivity contribution in [3.63, 3.8) is 0 Å². The van der Waals surface area contributed by atoms with E-state index >= 15 is 0 Å². The van der Waals surface area contributed by atoms with Crippen molar-refractivity contribution in [3.8, 4) is 0 Å². The van der Waals surface area contributed by atoms with Crippen LogP contribution in [-0.4, -0.2) is 63.7 Å². The topological polar surface area (TPSA) is 83.3 Å². The van der Waals surface area contributed by atoms with Crippen molar-refractivity contribution in [2.75, 3.05) is 27.2 Å². The summed E-state index contributed by atoms with van der Waals surface area (Å²) in [6.07, 6.45) is 1.43. The van der Waals surface area contributed by atoms with Gasteiger partial charge in [-0.05, 0) is 27.9 Å². The average Bonchev–Trinajstić information content (AvgIpc) is 2.73. The van der Waals surface area contributed by atoms with Crippen molar-refractivity contribution in [1.82, 2.24) is 25.2 Å². The summed E-state index contributed by atoms with van der Waals surface area (Å²) in [6.45, 7) is 6.47. The fourth-order valence-electron chi connectivity index (χ4n) is 1.25. The van der Waals surface area contributed by atoms with E-state index in [1.165, 1.54) is 10.9 Å². The maximum atomic E-state index is 10.6. The van der Waals surface area contributed by atoms with Gasteiger partial charge >= 0.3 is 5.97 Å². The van der Waals surface area contributed by atoms with Gasteiger partial charge in [-0.15, -0.1) is 5.10 Å². The highest BCUT2D eigenvalue weighted by atomic mass is 16.4. The van der Waals surface area contributed by atoms with Crippen molar-refractivity contribution in [3.05, 3.63) is 11.9 Å². The average molecular weight is 255 g/mol. The van der Waals surface area contributed by atoms with Gasteiger partial charge < -0.3 is 15.3 Å². The van der Waals surface area contributed by atoms with Crippen LogP contribution in [0.3, 0.4) is 0 Å². The molecule has 1 rings (SSSR count). The Morgan fingerprint density at radius 3 is 2.72 bits per heavy atom. The van der Waals surface area contributed by atoms with Crippen LogP contribution in [0.25, 0.3) is 0 Å². The molecule has 0 saturated carbocycles. The number of hydrogen-bond donors (Lipinski definition) is 2. The second-order valence-electron chi connectivity index (χ2n) is 5.06. The minimum absolute atomic E-state index is 0.0244. The summed E-state index contributed by atoms with van der Waals surface area (Å²) in [4.78, 5) is 12.8. The Morgan fingerprint density at radius 2 is 2.22 bits per heavy atom. The third-order valence-electron chi connectivity index (χ3n) is 3.04. The highest BCUT2D eigenvalue weighted by Gasteiger charge is 2.19. The molecule has 7 heteroatoms. The minimum Gasteiger partial charge on any atom is -0.476 e. The summed E-state index contributed by atoms with van der Waals surface area (Å²) in [5, 5.41) is 19.3. The smallest absolute Gasteiger partial charge is 0.358 e. The van der Waals surface area contributed by atoms with E-state index in [-0.39, 0.29) is 11.2 Å². The second kappa shape index (κ2) is 5.92. The molecular weight excluding hydrogens is 234 g/mol. The largest absolute Gasteiger partial charge is 0.476 e. The first-order valence-electron chi connectivity index (χ1n) is 5.84. The van der Waals surface area contributed by atoms with Crippen LogP contribution in [0.1, 0.15) is 24.3 Å². The molecule has 1 aromatic heterocycles. The molecular formula is C11H21N5O2. The lowest BCUT2D eigenvalue weighted by Gasteiger charge is -2.32. The second-order valence-corrected chi connectivity index (χ2v) is 5.06. The van der Waals surface area contributed by atoms with Crippen molar-refractivity contribution in [2.45, 2.75) is 25.9 Å². The van der Waals surface area contributed by atoms with Crippen LogP contribution < -0.4 is 5.32 Å². The number of aromatic nitrogens is 3. The van der Waals surface area contributed by atoms with Crippen LogP contribution in [-0.2, 0) is 6.54 Å². The predicted molar refractivity (Wildman–Crippen MR) is 67.6 cm³/mol. The molecule has 18 heavy (non-hydrogen) atoms. The van der Waals surface area contributed by atoms with Crippen molar-refractivity contribution in [2.24, 2.45) is 0 Å². The summed E-state index contributed by atoms with van der Waals surface area (Å²) in [5.41, 5.74) is 0.0535. The number of nitrogens with zero attached hydrogens (tertiary/aromatic N) is 4. The van der Waals surface area contributed by atoms with Gasteiger partial charge in [0.1, 0.15) is 0 Å². The summed E-state index contributed by atoms with van der Waals surface area (Å²) in [5.74, 6) is -1.05. The fourth-order valence-corrected chi connectivity index (χ4v) is 1.25. The van der Waals surface area contributed by atoms with E-state index in [2.05, 4.69) is 34.4 Å². The molecule has 2 N–H and O–H groups in total. The summed E-state index contributed by atoms with van der Waals surface area (Å²) < 4.78 is 1.53. The highest BCUT2D eigenvalue weighted by molar-refractivity contribution is 5.84. The molecule has 0 spiro atoms. The minimum atomic E-state index is -1.05. The Bertz CT molecular complexity index is 400. The van der Waals surface area contributed by atoms with Crippen molar-refractivity contribution in [1.29, 1.82) is 0 Å². The molecule has 0 unspecified atom stereocenters. The molecule has 0 radical (unpaired) electrons. The molecule has 0 fully saturated rings. The molecule has 0 aliphatic heterocycles. The number of carboxylic acid groups (broad SMARTS) is 1. The Hall–Kier alpha value is -1.47. The van der Waals surface area contributed by atoms with Crippen LogP contribution in [0.5, 0.6) is 0 Å². The van der Waals surface area contributed by atoms with Gasteiger partial charge in [0.15, 0.2) is 5.69 Å². The maximum Gasteiger partial charge on any atom is 0.358 e. The van der Waals surface area contributed by atoms with Crippen LogP contribution >= 0.6 is 0 Å². The van der Waals surface area contributed by atoms with Crippen molar-refractivity contribution >= 4 is 5.97 Å². The first kappa shape index (κ1) is 14.6. The van der Waals surface area contributed by atoms with Gasteiger partial charge in [-0.1, -0.05) is 5.21 Å². The zero-order valence-electron chi connectivity index (χ0n) is 11.3. The zero-order chi connectivity index (χ0) is 13.8. The van der Waals surface area contributed by atoms with Gasteiger partial charge in [0, 0.05) is 18.6 Å². The normalized spacial score (nSPS) is 12.1. The van der Waals surface area contributed by atoms with Crippen LogP contribution in [0, 0.1) is 0 Å². The Morgan fingerprint density at radius 1 is 1.56 bits per heavy atom. The lowest BCUT2D eigenvalue weighted by atomic mass is 10.0. The molecule has 0 aromatic carbocycles. The molecule has 1 aromatic rings. The number of carbonyl (C=O) groups is 1. The molecule has 7 nitrogen and oxygen atoms in total. The Balaban J connectivity index is 2.31. The lowest BCUT2D eigenvalue weighted by Crippen LogP contribution is -2.47. The van der Waals surface area contributed by atoms with E-state index in [9.17, 15) is 4.79 Å². The van der Waals surface area contributed by atoms with Gasteiger partial charge in [0.2, 0.25) is 0 Å². The monoisotopic (exact) mass is 255 g/mol. The molecule has 0 atom stereocenters. The Kier molecular flexibility index (Phi) is 4.80. The number of aromatic carboxylic acids is 1. The zero-order valence-corrected chi connectivity index (χ0v) is 11.3. The van der Waals surface area contributed by atoms with Gasteiger partial charge in [0.05, 0.1) is 12.7 Å². The maximum absolute atomic E-state index is 10.6. The van der Waals surface area contributed by atoms with E-state index in [0.717, 1.165) is 13.1 Å². The molecule has 0 bridgehead atoms. The first-order chi connectivity index (χ1) is 8.33. The van der Waals surface area contributed by atoms with Crippen molar-refractivity contribution < 1.29 is 9.90 Å². The van der Waals surface area contributed by atoms with Gasteiger partial charge in [-0.25, -0.2) is 4.79 Å². The van der Waals surface area contributed by atoms with Crippen LogP contribution in [0.15, 0.2) is 6.20 Å². The van der Waals surface area contributed by atoms with Gasteiger partial charge in [0.25, 0.3) is 0 Å². The summed E-state index contributed by atoms with van der Waals surface area (Å²) in [6, 6.07) is 0. The number of rotatable bonds is 7. The van der Waals surface area contributed by atoms with Gasteiger partial charge in [-0.3, -0.25) is 4.68 Å². The van der Waals surface area contributed by atoms with E-state index in [4.69, 9.17) is 5.11 Å². The van der Waals surface area contributed by atoms with E-state index in [1.807, 2.05) is 14.1 Å². The van der Waals surface area contributed by atoms with E-state index in [0.29, 0.717) is 6.54 Å². The standard InChI is InChI=1S/C11H21N5O2/c1-11(2,15(3)4)8-12-5-6-16-7-9(10(17)18)13-14-16/h7,12H,5-6,8H2,1-4H3,(H,17,18). The molecule has 0 amide bonds. The lowest BCUT2D eigenvalue weighted by molar-refractivity contribution is 0.0690. The number of hydrogen-bond acceptors (Lipinski definition) is 5. The molecule has 0 aliphatic rings. The number of nitrogens with one attached hydrogen (secondary N) is 1. The quantitative estimate of drug-likeness (QED) is 0.662. The molecule has 1 heterocycles. The fraction of sp³-hybridized carbons (Fsp3) is 0.727. The first-order valence-corrected chi connectivity index (χ1v) is 5.84. The predicted octanol–water partition coefficient (Wildman–Crippen LogP) is -0.0939. The van der Waals surface area contributed by atoms with Gasteiger partial charge in [-0.2, -0.15) is 0 Å². The summed E-state index contributed by atoms with van der Waals surface area (Å²) in [7, 11) is 4.08. The van der Waals surface area contributed by atoms with E-state index in [1.54, 1.807) is 0 Å². The highest BCUT2D eigenvalue weighted by Crippen LogP contribution is 2.07. The Labute approximate surface area is 107 Å². The summed E-state index contributed by atoms with van der Waals surface area (Å²) >= 11 is 0. The van der Waals surface area contributed by atoms with E-state index < -0.39 is 5.97 Å². The molecule has 0 saturated heterocycles. The molecule has 0 aliphatic carbocycles. The van der Waals surface area contributed by atoms with Crippen LogP contribution in [0.2, 0.25) is 0 Å².